The maximum atomic E-state index is 10.0. The van der Waals surface area contributed by atoms with Crippen molar-refractivity contribution in [2.75, 3.05) is 13.2 Å². The highest BCUT2D eigenvalue weighted by Crippen LogP contribution is 2.27. The van der Waals surface area contributed by atoms with Crippen LogP contribution < -0.4 is 19.6 Å². The number of phosphoric ester groups is 2. The second-order valence-electron chi connectivity index (χ2n) is 2.81. The van der Waals surface area contributed by atoms with Gasteiger partial charge in [0.1, 0.15) is 12.7 Å². The molecule has 0 aromatic carbocycles. The zero-order chi connectivity index (χ0) is 14.6. The fourth-order valence-electron chi connectivity index (χ4n) is 0.647. The van der Waals surface area contributed by atoms with Crippen LogP contribution >= 0.6 is 15.6 Å². The van der Waals surface area contributed by atoms with Crippen LogP contribution in [0.15, 0.2) is 11.5 Å². The normalized spacial score (nSPS) is 16.3. The zero-order valence-corrected chi connectivity index (χ0v) is 10.3. The Morgan fingerprint density at radius 3 is 1.89 bits per heavy atom. The summed E-state index contributed by atoms with van der Waals surface area (Å²) in [7, 11) is -10.8. The maximum absolute atomic E-state index is 10.0. The molecule has 0 rings (SSSR count). The fraction of sp³-hybridized carbons (Fsp3) is 0.600. The zero-order valence-electron chi connectivity index (χ0n) is 8.49. The molecule has 0 bridgehead atoms. The summed E-state index contributed by atoms with van der Waals surface area (Å²) in [6.45, 7) is -2.47. The molecular weight excluding hydrogens is 298 g/mol. The first-order valence-electron chi connectivity index (χ1n) is 4.04. The van der Waals surface area contributed by atoms with Gasteiger partial charge in [-0.05, 0) is 0 Å². The van der Waals surface area contributed by atoms with Crippen molar-refractivity contribution < 1.29 is 53.1 Å². The second kappa shape index (κ2) is 6.62. The molecule has 0 spiro atoms. The van der Waals surface area contributed by atoms with Crippen LogP contribution in [-0.4, -0.2) is 34.6 Å². The van der Waals surface area contributed by atoms with Crippen molar-refractivity contribution in [1.29, 1.82) is 0 Å². The summed E-state index contributed by atoms with van der Waals surface area (Å²) >= 11 is 0. The summed E-state index contributed by atoms with van der Waals surface area (Å²) in [5, 5.41) is 27.0. The van der Waals surface area contributed by atoms with Gasteiger partial charge in [0.15, 0.2) is 11.5 Å². The third-order valence-corrected chi connectivity index (χ3v) is 2.27. The minimum absolute atomic E-state index is 1.20. The SMILES string of the molecule is O=P([O-])([O-])OCC(O)=C(O)C(O)COP(=O)([O-])[O-]. The standard InChI is InChI=1S/C5H12O11P2/c6-3(1-15-17(9,10)11)5(8)4(7)2-16-18(12,13)14/h3,6-8H,1-2H2,(H2,9,10,11)(H2,12,13,14)/p-4. The molecule has 13 heteroatoms. The Kier molecular flexibility index (Phi) is 6.44. The number of aliphatic hydroxyl groups is 3. The van der Waals surface area contributed by atoms with Crippen LogP contribution in [0.5, 0.6) is 0 Å². The lowest BCUT2D eigenvalue weighted by atomic mass is 10.3. The molecule has 3 N–H and O–H groups in total. The number of rotatable bonds is 7. The van der Waals surface area contributed by atoms with E-state index in [1.807, 2.05) is 0 Å². The molecule has 0 radical (unpaired) electrons. The summed E-state index contributed by atoms with van der Waals surface area (Å²) in [6.07, 6.45) is -2.12. The maximum Gasteiger partial charge on any atom is 0.163 e. The van der Waals surface area contributed by atoms with Crippen molar-refractivity contribution in [2.45, 2.75) is 6.10 Å². The number of aliphatic hydroxyl groups excluding tert-OH is 3. The molecule has 0 aliphatic heterocycles. The van der Waals surface area contributed by atoms with Crippen LogP contribution in [0.4, 0.5) is 0 Å². The molecule has 0 heterocycles. The lowest BCUT2D eigenvalue weighted by Crippen LogP contribution is -2.25. The molecule has 0 saturated heterocycles. The average molecular weight is 306 g/mol. The number of phosphoric acid groups is 2. The topological polar surface area (TPSA) is 206 Å². The first kappa shape index (κ1) is 17.5. The van der Waals surface area contributed by atoms with Crippen molar-refractivity contribution in [3.05, 3.63) is 11.5 Å². The predicted octanol–water partition coefficient (Wildman–Crippen LogP) is -3.63. The minimum Gasteiger partial charge on any atom is -0.790 e. The summed E-state index contributed by atoms with van der Waals surface area (Å²) in [4.78, 5) is 40.1. The van der Waals surface area contributed by atoms with Crippen molar-refractivity contribution in [2.24, 2.45) is 0 Å². The molecule has 18 heavy (non-hydrogen) atoms. The first-order chi connectivity index (χ1) is 7.92. The Morgan fingerprint density at radius 2 is 1.50 bits per heavy atom. The molecule has 0 amide bonds. The lowest BCUT2D eigenvalue weighted by Gasteiger charge is -2.30. The molecule has 0 saturated carbocycles. The fourth-order valence-corrected chi connectivity index (χ4v) is 1.25. The van der Waals surface area contributed by atoms with E-state index >= 15 is 0 Å². The van der Waals surface area contributed by atoms with Crippen molar-refractivity contribution in [3.63, 3.8) is 0 Å². The highest BCUT2D eigenvalue weighted by molar-refractivity contribution is 7.43. The molecule has 0 aliphatic carbocycles. The smallest absolute Gasteiger partial charge is 0.163 e. The molecule has 0 fully saturated rings. The van der Waals surface area contributed by atoms with Gasteiger partial charge in [0.05, 0.1) is 22.3 Å². The van der Waals surface area contributed by atoms with Gasteiger partial charge in [-0.15, -0.1) is 0 Å². The molecule has 0 aliphatic rings. The Hall–Kier alpha value is -0.480. The van der Waals surface area contributed by atoms with E-state index in [0.717, 1.165) is 0 Å². The molecule has 1 unspecified atom stereocenters. The van der Waals surface area contributed by atoms with E-state index in [1.165, 1.54) is 0 Å². The van der Waals surface area contributed by atoms with Gasteiger partial charge in [0.25, 0.3) is 0 Å². The minimum atomic E-state index is -5.39. The molecule has 0 aromatic heterocycles. The number of hydrogen-bond acceptors (Lipinski definition) is 11. The van der Waals surface area contributed by atoms with Crippen LogP contribution in [0.2, 0.25) is 0 Å². The highest BCUT2D eigenvalue weighted by atomic mass is 31.2. The first-order valence-corrected chi connectivity index (χ1v) is 6.97. The van der Waals surface area contributed by atoms with Gasteiger partial charge < -0.3 is 53.1 Å². The van der Waals surface area contributed by atoms with Gasteiger partial charge in [0, 0.05) is 0 Å². The van der Waals surface area contributed by atoms with Crippen LogP contribution in [-0.2, 0) is 18.2 Å². The van der Waals surface area contributed by atoms with Crippen LogP contribution in [0.1, 0.15) is 0 Å². The lowest BCUT2D eigenvalue weighted by molar-refractivity contribution is -0.343. The van der Waals surface area contributed by atoms with Crippen LogP contribution in [0.3, 0.4) is 0 Å². The molecule has 108 valence electrons. The summed E-state index contributed by atoms with van der Waals surface area (Å²) in [5.41, 5.74) is 0. The van der Waals surface area contributed by atoms with Crippen molar-refractivity contribution in [1.82, 2.24) is 0 Å². The van der Waals surface area contributed by atoms with Gasteiger partial charge in [-0.3, -0.25) is 0 Å². The third-order valence-electron chi connectivity index (χ3n) is 1.36. The molecule has 0 aromatic rings. The summed E-state index contributed by atoms with van der Waals surface area (Å²) in [6, 6.07) is 0. The van der Waals surface area contributed by atoms with E-state index in [4.69, 9.17) is 15.3 Å². The largest absolute Gasteiger partial charge is 0.790 e. The van der Waals surface area contributed by atoms with Crippen LogP contribution in [0.25, 0.3) is 0 Å². The quantitative estimate of drug-likeness (QED) is 0.309. The van der Waals surface area contributed by atoms with E-state index in [-0.39, 0.29) is 0 Å². The van der Waals surface area contributed by atoms with E-state index in [2.05, 4.69) is 9.05 Å². The molecule has 11 nitrogen and oxygen atoms in total. The van der Waals surface area contributed by atoms with Gasteiger partial charge in [-0.2, -0.15) is 0 Å². The van der Waals surface area contributed by atoms with Crippen LogP contribution in [0, 0.1) is 0 Å². The monoisotopic (exact) mass is 306 g/mol. The van der Waals surface area contributed by atoms with Crippen molar-refractivity contribution >= 4 is 15.6 Å². The highest BCUT2D eigenvalue weighted by Gasteiger charge is 2.16. The van der Waals surface area contributed by atoms with E-state index < -0.39 is 46.5 Å². The van der Waals surface area contributed by atoms with Gasteiger partial charge in [-0.1, -0.05) is 0 Å². The Morgan fingerprint density at radius 1 is 1.06 bits per heavy atom. The average Bonchev–Trinajstić information content (AvgIpc) is 2.19. The molecule has 1 atom stereocenters. The van der Waals surface area contributed by atoms with Gasteiger partial charge >= 0.3 is 0 Å². The Bertz CT molecular complexity index is 390. The Balaban J connectivity index is 4.45. The van der Waals surface area contributed by atoms with E-state index in [1.54, 1.807) is 0 Å². The van der Waals surface area contributed by atoms with Gasteiger partial charge in [-0.25, -0.2) is 0 Å². The summed E-state index contributed by atoms with van der Waals surface area (Å²) in [5.74, 6) is -2.55. The van der Waals surface area contributed by atoms with E-state index in [9.17, 15) is 28.7 Å². The molecular formula is C5H8O11P2-4. The number of hydrogen-bond donors (Lipinski definition) is 3. The van der Waals surface area contributed by atoms with Crippen molar-refractivity contribution in [3.8, 4) is 0 Å². The summed E-state index contributed by atoms with van der Waals surface area (Å²) < 4.78 is 27.2. The van der Waals surface area contributed by atoms with E-state index in [0.29, 0.717) is 0 Å². The second-order valence-corrected chi connectivity index (χ2v) is 5.12. The Labute approximate surface area is 100 Å². The third kappa shape index (κ3) is 8.59. The van der Waals surface area contributed by atoms with Gasteiger partial charge in [0.2, 0.25) is 0 Å². The predicted molar refractivity (Wildman–Crippen MR) is 45.4 cm³/mol.